The number of likely N-dealkylation sites (tertiary alicyclic amines) is 1. The molecule has 24 heavy (non-hydrogen) atoms. The first kappa shape index (κ1) is 16.5. The van der Waals surface area contributed by atoms with E-state index in [9.17, 15) is 14.4 Å². The Labute approximate surface area is 141 Å². The molecule has 1 aromatic heterocycles. The highest BCUT2D eigenvalue weighted by molar-refractivity contribution is 6.09. The van der Waals surface area contributed by atoms with Gasteiger partial charge in [-0.3, -0.25) is 14.5 Å². The third kappa shape index (κ3) is 2.57. The van der Waals surface area contributed by atoms with Crippen molar-refractivity contribution in [2.24, 2.45) is 0 Å². The van der Waals surface area contributed by atoms with Crippen molar-refractivity contribution in [3.8, 4) is 0 Å². The minimum Gasteiger partial charge on any atom is -0.363 e. The number of hydrogen-bond acceptors (Lipinski definition) is 3. The van der Waals surface area contributed by atoms with Crippen LogP contribution in [0.3, 0.4) is 0 Å². The van der Waals surface area contributed by atoms with Crippen molar-refractivity contribution in [3.63, 3.8) is 0 Å². The second-order valence-electron chi connectivity index (χ2n) is 6.48. The fraction of sp³-hybridized carbons (Fsp3) is 0.588. The number of carbonyl (C=O) groups is 3. The van der Waals surface area contributed by atoms with E-state index in [1.807, 2.05) is 32.2 Å². The van der Waals surface area contributed by atoms with Gasteiger partial charge < -0.3 is 15.2 Å². The van der Waals surface area contributed by atoms with Gasteiger partial charge in [0, 0.05) is 18.4 Å². The number of nitrogens with one attached hydrogen (secondary N) is 2. The van der Waals surface area contributed by atoms with Gasteiger partial charge in [-0.25, -0.2) is 4.79 Å². The van der Waals surface area contributed by atoms with E-state index in [1.165, 1.54) is 0 Å². The Morgan fingerprint density at radius 2 is 2.08 bits per heavy atom. The molecule has 2 saturated heterocycles. The van der Waals surface area contributed by atoms with E-state index >= 15 is 0 Å². The van der Waals surface area contributed by atoms with Crippen LogP contribution in [0.5, 0.6) is 0 Å². The van der Waals surface area contributed by atoms with E-state index in [0.717, 1.165) is 23.4 Å². The Kier molecular flexibility index (Phi) is 4.34. The number of amides is 4. The zero-order valence-electron chi connectivity index (χ0n) is 14.2. The lowest BCUT2D eigenvalue weighted by Gasteiger charge is -2.26. The lowest BCUT2D eigenvalue weighted by molar-refractivity contribution is -0.139. The molecule has 0 aliphatic carbocycles. The first-order valence-corrected chi connectivity index (χ1v) is 8.59. The molecule has 7 nitrogen and oxygen atoms in total. The van der Waals surface area contributed by atoms with Crippen molar-refractivity contribution in [3.05, 3.63) is 24.0 Å². The highest BCUT2D eigenvalue weighted by Crippen LogP contribution is 2.31. The van der Waals surface area contributed by atoms with Gasteiger partial charge in [-0.1, -0.05) is 13.8 Å². The van der Waals surface area contributed by atoms with Crippen LogP contribution in [0.2, 0.25) is 0 Å². The Bertz CT molecular complexity index is 636. The second kappa shape index (κ2) is 6.30. The standard InChI is InChI=1S/C17H24N4O3/c1-3-17(4-2)15(23)21(16(24)19-17)11-14(22)20-10-6-8-13(20)12-7-5-9-18-12/h5,7,9,13,18H,3-4,6,8,10-11H2,1-2H3,(H,19,24)/t13-/m0/s1. The minimum absolute atomic E-state index is 0.00428. The van der Waals surface area contributed by atoms with Gasteiger partial charge in [-0.15, -0.1) is 0 Å². The van der Waals surface area contributed by atoms with Crippen molar-refractivity contribution in [1.82, 2.24) is 20.1 Å². The lowest BCUT2D eigenvalue weighted by Crippen LogP contribution is -2.47. The van der Waals surface area contributed by atoms with Crippen LogP contribution in [0.4, 0.5) is 4.79 Å². The van der Waals surface area contributed by atoms with Crippen molar-refractivity contribution in [2.75, 3.05) is 13.1 Å². The molecule has 4 amide bonds. The molecule has 2 aliphatic heterocycles. The van der Waals surface area contributed by atoms with E-state index in [1.54, 1.807) is 4.90 Å². The quantitative estimate of drug-likeness (QED) is 0.806. The van der Waals surface area contributed by atoms with Crippen molar-refractivity contribution >= 4 is 17.8 Å². The Hall–Kier alpha value is -2.31. The fourth-order valence-electron chi connectivity index (χ4n) is 3.72. The van der Waals surface area contributed by atoms with Crippen LogP contribution in [-0.4, -0.2) is 51.3 Å². The lowest BCUT2D eigenvalue weighted by atomic mass is 9.93. The number of nitrogens with zero attached hydrogens (tertiary/aromatic N) is 2. The molecule has 1 atom stereocenters. The van der Waals surface area contributed by atoms with Gasteiger partial charge >= 0.3 is 6.03 Å². The first-order valence-electron chi connectivity index (χ1n) is 8.59. The van der Waals surface area contributed by atoms with Crippen LogP contribution in [-0.2, 0) is 9.59 Å². The number of aromatic amines is 1. The second-order valence-corrected chi connectivity index (χ2v) is 6.48. The molecule has 0 unspecified atom stereocenters. The van der Waals surface area contributed by atoms with Gasteiger partial charge in [0.2, 0.25) is 5.91 Å². The third-order valence-electron chi connectivity index (χ3n) is 5.30. The molecule has 3 heterocycles. The summed E-state index contributed by atoms with van der Waals surface area (Å²) in [7, 11) is 0. The molecule has 0 radical (unpaired) electrons. The summed E-state index contributed by atoms with van der Waals surface area (Å²) in [6, 6.07) is 3.40. The summed E-state index contributed by atoms with van der Waals surface area (Å²) in [5.41, 5.74) is 0.135. The molecule has 2 N–H and O–H groups in total. The molecule has 2 fully saturated rings. The summed E-state index contributed by atoms with van der Waals surface area (Å²) in [5.74, 6) is -0.472. The number of urea groups is 1. The zero-order valence-corrected chi connectivity index (χ0v) is 14.2. The van der Waals surface area contributed by atoms with Gasteiger partial charge in [0.25, 0.3) is 5.91 Å². The normalized spacial score (nSPS) is 23.0. The molecule has 130 valence electrons. The van der Waals surface area contributed by atoms with E-state index in [2.05, 4.69) is 10.3 Å². The number of imide groups is 1. The molecule has 0 bridgehead atoms. The van der Waals surface area contributed by atoms with Gasteiger partial charge in [0.15, 0.2) is 0 Å². The van der Waals surface area contributed by atoms with Crippen molar-refractivity contribution in [2.45, 2.75) is 51.1 Å². The van der Waals surface area contributed by atoms with Crippen LogP contribution >= 0.6 is 0 Å². The predicted molar refractivity (Wildman–Crippen MR) is 88.0 cm³/mol. The summed E-state index contributed by atoms with van der Waals surface area (Å²) in [6.07, 6.45) is 4.69. The Morgan fingerprint density at radius 3 is 2.67 bits per heavy atom. The topological polar surface area (TPSA) is 85.5 Å². The molecule has 2 aliphatic rings. The maximum absolute atomic E-state index is 12.7. The minimum atomic E-state index is -0.860. The number of rotatable bonds is 5. The summed E-state index contributed by atoms with van der Waals surface area (Å²) in [4.78, 5) is 43.5. The average molecular weight is 332 g/mol. The fourth-order valence-corrected chi connectivity index (χ4v) is 3.72. The Balaban J connectivity index is 1.73. The molecular weight excluding hydrogens is 308 g/mol. The monoisotopic (exact) mass is 332 g/mol. The molecule has 0 aromatic carbocycles. The van der Waals surface area contributed by atoms with Crippen molar-refractivity contribution < 1.29 is 14.4 Å². The van der Waals surface area contributed by atoms with Gasteiger partial charge in [0.1, 0.15) is 12.1 Å². The molecule has 0 spiro atoms. The van der Waals surface area contributed by atoms with E-state index in [4.69, 9.17) is 0 Å². The highest BCUT2D eigenvalue weighted by atomic mass is 16.2. The summed E-state index contributed by atoms with van der Waals surface area (Å²) in [5, 5.41) is 2.76. The largest absolute Gasteiger partial charge is 0.363 e. The summed E-state index contributed by atoms with van der Waals surface area (Å²) in [6.45, 7) is 4.20. The van der Waals surface area contributed by atoms with E-state index < -0.39 is 11.6 Å². The van der Waals surface area contributed by atoms with Crippen LogP contribution in [0, 0.1) is 0 Å². The molecule has 3 rings (SSSR count). The maximum Gasteiger partial charge on any atom is 0.325 e. The van der Waals surface area contributed by atoms with E-state index in [-0.39, 0.29) is 24.4 Å². The number of H-pyrrole nitrogens is 1. The molecule has 1 aromatic rings. The number of aromatic nitrogens is 1. The number of carbonyl (C=O) groups excluding carboxylic acids is 3. The van der Waals surface area contributed by atoms with Gasteiger partial charge in [-0.2, -0.15) is 0 Å². The first-order chi connectivity index (χ1) is 11.5. The van der Waals surface area contributed by atoms with Crippen LogP contribution in [0.15, 0.2) is 18.3 Å². The third-order valence-corrected chi connectivity index (χ3v) is 5.30. The Morgan fingerprint density at radius 1 is 1.33 bits per heavy atom. The SMILES string of the molecule is CCC1(CC)NC(=O)N(CC(=O)N2CCC[C@H]2c2ccc[nH]2)C1=O. The molecular formula is C17H24N4O3. The summed E-state index contributed by atoms with van der Waals surface area (Å²) >= 11 is 0. The van der Waals surface area contributed by atoms with Gasteiger partial charge in [0.05, 0.1) is 6.04 Å². The molecule has 0 saturated carbocycles. The highest BCUT2D eigenvalue weighted by Gasteiger charge is 2.49. The van der Waals surface area contributed by atoms with Crippen molar-refractivity contribution in [1.29, 1.82) is 0 Å². The zero-order chi connectivity index (χ0) is 17.3. The van der Waals surface area contributed by atoms with Crippen LogP contribution < -0.4 is 5.32 Å². The average Bonchev–Trinajstić information content (AvgIpc) is 3.30. The predicted octanol–water partition coefficient (Wildman–Crippen LogP) is 1.79. The smallest absolute Gasteiger partial charge is 0.325 e. The van der Waals surface area contributed by atoms with Crippen LogP contribution in [0.1, 0.15) is 51.3 Å². The number of hydrogen-bond donors (Lipinski definition) is 2. The maximum atomic E-state index is 12.7. The van der Waals surface area contributed by atoms with Crippen LogP contribution in [0.25, 0.3) is 0 Å². The van der Waals surface area contributed by atoms with E-state index in [0.29, 0.717) is 19.4 Å². The van der Waals surface area contributed by atoms with Gasteiger partial charge in [-0.05, 0) is 37.8 Å². The molecule has 7 heteroatoms. The summed E-state index contributed by atoms with van der Waals surface area (Å²) < 4.78 is 0.